The van der Waals surface area contributed by atoms with Crippen molar-refractivity contribution < 1.29 is 17.6 Å². The molecule has 8 heteroatoms. The Labute approximate surface area is 134 Å². The normalized spacial score (nSPS) is 15.7. The van der Waals surface area contributed by atoms with Crippen molar-refractivity contribution in [3.63, 3.8) is 0 Å². The number of carbonyl (C=O) groups is 1. The summed E-state index contributed by atoms with van der Waals surface area (Å²) in [5.74, 6) is 0.149. The molecule has 122 valence electrons. The van der Waals surface area contributed by atoms with Crippen LogP contribution >= 0.6 is 0 Å². The smallest absolute Gasteiger partial charge is 0.322 e. The topological polar surface area (TPSA) is 102 Å². The Morgan fingerprint density at radius 3 is 2.43 bits per heavy atom. The maximum absolute atomic E-state index is 12.0. The molecule has 3 rings (SSSR count). The van der Waals surface area contributed by atoms with Crippen LogP contribution in [0.15, 0.2) is 33.6 Å². The third kappa shape index (κ3) is 3.58. The summed E-state index contributed by atoms with van der Waals surface area (Å²) in [6.45, 7) is 0. The maximum Gasteiger partial charge on any atom is 0.322 e. The molecule has 1 amide bonds. The van der Waals surface area contributed by atoms with E-state index >= 15 is 0 Å². The number of hydrogen-bond donors (Lipinski definition) is 1. The van der Waals surface area contributed by atoms with Crippen LogP contribution in [0.3, 0.4) is 0 Å². The number of hydrogen-bond acceptors (Lipinski definition) is 6. The zero-order valence-corrected chi connectivity index (χ0v) is 13.5. The number of nitrogens with one attached hydrogen (secondary N) is 1. The Kier molecular flexibility index (Phi) is 4.16. The number of nitrogens with zero attached hydrogens (tertiary/aromatic N) is 2. The third-order valence-electron chi connectivity index (χ3n) is 3.91. The molecule has 0 radical (unpaired) electrons. The van der Waals surface area contributed by atoms with E-state index in [1.54, 1.807) is 12.1 Å². The molecule has 0 saturated heterocycles. The van der Waals surface area contributed by atoms with Gasteiger partial charge in [-0.05, 0) is 37.1 Å². The lowest BCUT2D eigenvalue weighted by Gasteiger charge is -2.06. The second kappa shape index (κ2) is 6.11. The molecule has 1 aromatic carbocycles. The van der Waals surface area contributed by atoms with E-state index in [-0.39, 0.29) is 28.6 Å². The van der Waals surface area contributed by atoms with Gasteiger partial charge in [-0.1, -0.05) is 17.9 Å². The summed E-state index contributed by atoms with van der Waals surface area (Å²) < 4.78 is 28.3. The Morgan fingerprint density at radius 2 is 1.83 bits per heavy atom. The molecule has 1 aliphatic rings. The third-order valence-corrected chi connectivity index (χ3v) is 5.04. The molecule has 0 atom stereocenters. The largest absolute Gasteiger partial charge is 0.403 e. The number of anilines is 1. The zero-order valence-electron chi connectivity index (χ0n) is 12.7. The summed E-state index contributed by atoms with van der Waals surface area (Å²) >= 11 is 0. The van der Waals surface area contributed by atoms with Crippen LogP contribution < -0.4 is 5.32 Å². The summed E-state index contributed by atoms with van der Waals surface area (Å²) in [6, 6.07) is 6.19. The van der Waals surface area contributed by atoms with Crippen molar-refractivity contribution in [3.8, 4) is 11.5 Å². The van der Waals surface area contributed by atoms with E-state index in [9.17, 15) is 13.2 Å². The highest BCUT2D eigenvalue weighted by Crippen LogP contribution is 2.26. The van der Waals surface area contributed by atoms with Crippen molar-refractivity contribution in [2.24, 2.45) is 5.92 Å². The van der Waals surface area contributed by atoms with Gasteiger partial charge in [-0.3, -0.25) is 10.1 Å². The molecule has 23 heavy (non-hydrogen) atoms. The first-order chi connectivity index (χ1) is 10.9. The van der Waals surface area contributed by atoms with Crippen LogP contribution in [-0.2, 0) is 14.6 Å². The fourth-order valence-electron chi connectivity index (χ4n) is 2.63. The van der Waals surface area contributed by atoms with Gasteiger partial charge in [-0.25, -0.2) is 8.42 Å². The zero-order chi connectivity index (χ0) is 16.4. The number of benzene rings is 1. The number of aromatic nitrogens is 2. The van der Waals surface area contributed by atoms with Crippen LogP contribution in [0, 0.1) is 5.92 Å². The molecule has 7 nitrogen and oxygen atoms in total. The SMILES string of the molecule is CS(=O)(=O)c1ccc(-c2nnc(NC(=O)C3CCCC3)o2)cc1. The van der Waals surface area contributed by atoms with Crippen molar-refractivity contribution >= 4 is 21.8 Å². The molecule has 1 fully saturated rings. The van der Waals surface area contributed by atoms with Gasteiger partial charge in [0.25, 0.3) is 0 Å². The number of carbonyl (C=O) groups excluding carboxylic acids is 1. The minimum atomic E-state index is -3.25. The second-order valence-electron chi connectivity index (χ2n) is 5.68. The van der Waals surface area contributed by atoms with Crippen molar-refractivity contribution in [1.29, 1.82) is 0 Å². The van der Waals surface area contributed by atoms with Crippen molar-refractivity contribution in [2.45, 2.75) is 30.6 Å². The molecule has 2 aromatic rings. The second-order valence-corrected chi connectivity index (χ2v) is 7.70. The predicted molar refractivity (Wildman–Crippen MR) is 83.4 cm³/mol. The summed E-state index contributed by atoms with van der Waals surface area (Å²) in [5, 5.41) is 10.3. The van der Waals surface area contributed by atoms with Crippen LogP contribution in [0.4, 0.5) is 6.01 Å². The fourth-order valence-corrected chi connectivity index (χ4v) is 3.26. The lowest BCUT2D eigenvalue weighted by Crippen LogP contribution is -2.20. The van der Waals surface area contributed by atoms with Gasteiger partial charge in [0.05, 0.1) is 4.90 Å². The maximum atomic E-state index is 12.0. The molecule has 0 aliphatic heterocycles. The Morgan fingerprint density at radius 1 is 1.17 bits per heavy atom. The average molecular weight is 335 g/mol. The minimum Gasteiger partial charge on any atom is -0.403 e. The van der Waals surface area contributed by atoms with Crippen LogP contribution in [-0.4, -0.2) is 30.8 Å². The molecule has 0 bridgehead atoms. The first-order valence-electron chi connectivity index (χ1n) is 7.38. The van der Waals surface area contributed by atoms with Crippen LogP contribution in [0.25, 0.3) is 11.5 Å². The van der Waals surface area contributed by atoms with Gasteiger partial charge in [-0.2, -0.15) is 0 Å². The first-order valence-corrected chi connectivity index (χ1v) is 9.27. The highest BCUT2D eigenvalue weighted by molar-refractivity contribution is 7.90. The molecule has 1 N–H and O–H groups in total. The van der Waals surface area contributed by atoms with Crippen molar-refractivity contribution in [1.82, 2.24) is 10.2 Å². The molecule has 0 unspecified atom stereocenters. The standard InChI is InChI=1S/C15H17N3O4S/c1-23(20,21)12-8-6-11(7-9-12)14-17-18-15(22-14)16-13(19)10-4-2-3-5-10/h6-10H,2-5H2,1H3,(H,16,18,19). The summed E-state index contributed by atoms with van der Waals surface area (Å²) in [4.78, 5) is 12.2. The van der Waals surface area contributed by atoms with Gasteiger partial charge in [0, 0.05) is 17.7 Å². The van der Waals surface area contributed by atoms with Gasteiger partial charge in [-0.15, -0.1) is 5.10 Å². The van der Waals surface area contributed by atoms with Crippen LogP contribution in [0.5, 0.6) is 0 Å². The minimum absolute atomic E-state index is 0.0133. The van der Waals surface area contributed by atoms with E-state index in [2.05, 4.69) is 15.5 Å². The highest BCUT2D eigenvalue weighted by Gasteiger charge is 2.24. The van der Waals surface area contributed by atoms with Gasteiger partial charge >= 0.3 is 6.01 Å². The van der Waals surface area contributed by atoms with E-state index in [0.717, 1.165) is 31.9 Å². The lowest BCUT2D eigenvalue weighted by molar-refractivity contribution is -0.119. The van der Waals surface area contributed by atoms with Gasteiger partial charge in [0.15, 0.2) is 9.84 Å². The first kappa shape index (κ1) is 15.7. The quantitative estimate of drug-likeness (QED) is 0.919. The molecule has 1 heterocycles. The van der Waals surface area contributed by atoms with E-state index < -0.39 is 9.84 Å². The molecule has 1 aliphatic carbocycles. The summed E-state index contributed by atoms with van der Waals surface area (Å²) in [6.07, 6.45) is 5.06. The van der Waals surface area contributed by atoms with Crippen molar-refractivity contribution in [3.05, 3.63) is 24.3 Å². The molecular formula is C15H17N3O4S. The van der Waals surface area contributed by atoms with Gasteiger partial charge in [0.2, 0.25) is 11.8 Å². The monoisotopic (exact) mass is 335 g/mol. The van der Waals surface area contributed by atoms with Crippen molar-refractivity contribution in [2.75, 3.05) is 11.6 Å². The Balaban J connectivity index is 1.72. The van der Waals surface area contributed by atoms with E-state index in [4.69, 9.17) is 4.42 Å². The number of sulfone groups is 1. The Bertz CT molecular complexity index is 806. The molecule has 0 spiro atoms. The molecule has 1 saturated carbocycles. The van der Waals surface area contributed by atoms with Crippen LogP contribution in [0.1, 0.15) is 25.7 Å². The fraction of sp³-hybridized carbons (Fsp3) is 0.400. The Hall–Kier alpha value is -2.22. The van der Waals surface area contributed by atoms with E-state index in [1.165, 1.54) is 12.1 Å². The van der Waals surface area contributed by atoms with E-state index in [1.807, 2.05) is 0 Å². The van der Waals surface area contributed by atoms with Gasteiger partial charge in [0.1, 0.15) is 0 Å². The van der Waals surface area contributed by atoms with Crippen LogP contribution in [0.2, 0.25) is 0 Å². The average Bonchev–Trinajstić information content (AvgIpc) is 3.18. The predicted octanol–water partition coefficient (Wildman–Crippen LogP) is 2.27. The molecule has 1 aromatic heterocycles. The summed E-state index contributed by atoms with van der Waals surface area (Å²) in [7, 11) is -3.25. The summed E-state index contributed by atoms with van der Waals surface area (Å²) in [5.41, 5.74) is 0.589. The van der Waals surface area contributed by atoms with E-state index in [0.29, 0.717) is 5.56 Å². The lowest BCUT2D eigenvalue weighted by atomic mass is 10.1. The van der Waals surface area contributed by atoms with Gasteiger partial charge < -0.3 is 4.42 Å². The molecular weight excluding hydrogens is 318 g/mol. The highest BCUT2D eigenvalue weighted by atomic mass is 32.2. The number of amides is 1. The number of rotatable bonds is 4.